The van der Waals surface area contributed by atoms with E-state index in [-0.39, 0.29) is 5.91 Å². The summed E-state index contributed by atoms with van der Waals surface area (Å²) in [5.74, 6) is -0.212. The Morgan fingerprint density at radius 2 is 2.28 bits per heavy atom. The number of thiazole rings is 1. The number of carbonyl (C=O) groups is 1. The van der Waals surface area contributed by atoms with E-state index >= 15 is 0 Å². The molecule has 2 N–H and O–H groups in total. The molecule has 0 unspecified atom stereocenters. The van der Waals surface area contributed by atoms with Crippen LogP contribution < -0.4 is 5.32 Å². The lowest BCUT2D eigenvalue weighted by molar-refractivity contribution is 0.102. The molecule has 2 heterocycles. The smallest absolute Gasteiger partial charge is 0.258 e. The first-order valence-electron chi connectivity index (χ1n) is 4.80. The lowest BCUT2D eigenvalue weighted by atomic mass is 10.3. The number of aromatic nitrogens is 1. The third-order valence-electron chi connectivity index (χ3n) is 2.07. The lowest BCUT2D eigenvalue weighted by Gasteiger charge is -1.97. The number of thiophene rings is 1. The summed E-state index contributed by atoms with van der Waals surface area (Å²) < 4.78 is 0.899. The topological polar surface area (TPSA) is 74.6 Å². The molecule has 0 saturated heterocycles. The number of carbonyl (C=O) groups excluding carboxylic acids is 1. The number of oxime groups is 1. The molecular weight excluding hydrogens is 338 g/mol. The normalized spacial score (nSPS) is 11.6. The molecule has 1 amide bonds. The Kier molecular flexibility index (Phi) is 4.10. The van der Waals surface area contributed by atoms with Crippen molar-refractivity contribution in [2.45, 2.75) is 6.92 Å². The minimum Gasteiger partial charge on any atom is -0.411 e. The van der Waals surface area contributed by atoms with Gasteiger partial charge in [-0.15, -0.1) is 22.7 Å². The van der Waals surface area contributed by atoms with Crippen LogP contribution in [0, 0.1) is 0 Å². The first-order chi connectivity index (χ1) is 8.60. The van der Waals surface area contributed by atoms with Gasteiger partial charge in [0.1, 0.15) is 11.4 Å². The Bertz CT molecular complexity index is 606. The molecule has 0 spiro atoms. The van der Waals surface area contributed by atoms with Crippen LogP contribution >= 0.6 is 38.6 Å². The van der Waals surface area contributed by atoms with E-state index in [9.17, 15) is 4.79 Å². The van der Waals surface area contributed by atoms with Crippen LogP contribution in [0.2, 0.25) is 0 Å². The minimum atomic E-state index is -0.212. The number of hydrogen-bond donors (Lipinski definition) is 2. The van der Waals surface area contributed by atoms with Crippen LogP contribution in [0.25, 0.3) is 0 Å². The van der Waals surface area contributed by atoms with Crippen molar-refractivity contribution in [1.29, 1.82) is 0 Å². The third-order valence-corrected chi connectivity index (χ3v) is 4.34. The van der Waals surface area contributed by atoms with Gasteiger partial charge in [-0.1, -0.05) is 5.16 Å². The number of rotatable bonds is 3. The highest BCUT2D eigenvalue weighted by Crippen LogP contribution is 2.22. The predicted molar refractivity (Wildman–Crippen MR) is 76.1 cm³/mol. The second-order valence-corrected chi connectivity index (χ2v) is 6.47. The Hall–Kier alpha value is -1.25. The number of halogens is 1. The lowest BCUT2D eigenvalue weighted by Crippen LogP contribution is -2.10. The van der Waals surface area contributed by atoms with Crippen molar-refractivity contribution < 1.29 is 10.0 Å². The summed E-state index contributed by atoms with van der Waals surface area (Å²) in [6.45, 7) is 1.64. The van der Waals surface area contributed by atoms with Gasteiger partial charge in [-0.3, -0.25) is 10.1 Å². The molecule has 0 aromatic carbocycles. The van der Waals surface area contributed by atoms with Crippen molar-refractivity contribution >= 4 is 55.4 Å². The number of nitrogens with one attached hydrogen (secondary N) is 1. The zero-order chi connectivity index (χ0) is 13.1. The monoisotopic (exact) mass is 345 g/mol. The molecule has 0 aliphatic carbocycles. The number of hydrogen-bond acceptors (Lipinski definition) is 6. The predicted octanol–water partition coefficient (Wildman–Crippen LogP) is 3.42. The van der Waals surface area contributed by atoms with Gasteiger partial charge >= 0.3 is 0 Å². The highest BCUT2D eigenvalue weighted by atomic mass is 79.9. The first-order valence-corrected chi connectivity index (χ1v) is 7.35. The molecule has 8 heteroatoms. The zero-order valence-corrected chi connectivity index (χ0v) is 12.4. The molecule has 0 aliphatic heterocycles. The van der Waals surface area contributed by atoms with Gasteiger partial charge in [0, 0.05) is 10.8 Å². The maximum Gasteiger partial charge on any atom is 0.258 e. The molecule has 2 aromatic rings. The van der Waals surface area contributed by atoms with E-state index in [1.165, 1.54) is 22.7 Å². The van der Waals surface area contributed by atoms with Crippen LogP contribution in [0.3, 0.4) is 0 Å². The largest absolute Gasteiger partial charge is 0.411 e. The Morgan fingerprint density at radius 1 is 1.50 bits per heavy atom. The summed E-state index contributed by atoms with van der Waals surface area (Å²) >= 11 is 6.02. The summed E-state index contributed by atoms with van der Waals surface area (Å²) in [4.78, 5) is 16.0. The van der Waals surface area contributed by atoms with E-state index in [0.29, 0.717) is 22.1 Å². The molecule has 5 nitrogen and oxygen atoms in total. The molecule has 2 rings (SSSR count). The first kappa shape index (κ1) is 13.2. The van der Waals surface area contributed by atoms with Gasteiger partial charge in [0.25, 0.3) is 5.91 Å². The molecule has 0 aliphatic rings. The molecular formula is C10H8BrN3O2S2. The van der Waals surface area contributed by atoms with Crippen molar-refractivity contribution in [3.63, 3.8) is 0 Å². The average Bonchev–Trinajstić information content (AvgIpc) is 2.97. The summed E-state index contributed by atoms with van der Waals surface area (Å²) in [7, 11) is 0. The molecule has 0 fully saturated rings. The quantitative estimate of drug-likeness (QED) is 0.508. The maximum atomic E-state index is 11.8. The van der Waals surface area contributed by atoms with Crippen LogP contribution in [-0.2, 0) is 0 Å². The average molecular weight is 346 g/mol. The zero-order valence-electron chi connectivity index (χ0n) is 9.18. The van der Waals surface area contributed by atoms with Gasteiger partial charge in [-0.05, 0) is 28.9 Å². The Labute approximate surface area is 119 Å². The highest BCUT2D eigenvalue weighted by molar-refractivity contribution is 9.11. The van der Waals surface area contributed by atoms with Crippen LogP contribution in [0.15, 0.2) is 25.8 Å². The van der Waals surface area contributed by atoms with Crippen molar-refractivity contribution in [3.8, 4) is 0 Å². The SMILES string of the molecule is CC(=NO)c1csc(NC(=O)c2csc(Br)c2)n1. The Morgan fingerprint density at radius 3 is 2.89 bits per heavy atom. The third kappa shape index (κ3) is 2.95. The van der Waals surface area contributed by atoms with Crippen LogP contribution in [0.1, 0.15) is 23.0 Å². The van der Waals surface area contributed by atoms with E-state index in [2.05, 4.69) is 31.4 Å². The number of nitrogens with zero attached hydrogens (tertiary/aromatic N) is 2. The fourth-order valence-corrected chi connectivity index (χ4v) is 3.03. The molecule has 18 heavy (non-hydrogen) atoms. The molecule has 0 atom stereocenters. The summed E-state index contributed by atoms with van der Waals surface area (Å²) in [5.41, 5.74) is 1.53. The van der Waals surface area contributed by atoms with Gasteiger partial charge in [-0.2, -0.15) is 0 Å². The van der Waals surface area contributed by atoms with E-state index in [0.717, 1.165) is 3.79 Å². The Balaban J connectivity index is 2.10. The van der Waals surface area contributed by atoms with Crippen molar-refractivity contribution in [1.82, 2.24) is 4.98 Å². The summed E-state index contributed by atoms with van der Waals surface area (Å²) in [5, 5.41) is 18.3. The summed E-state index contributed by atoms with van der Waals surface area (Å²) in [6, 6.07) is 1.74. The van der Waals surface area contributed by atoms with Gasteiger partial charge in [0.2, 0.25) is 0 Å². The van der Waals surface area contributed by atoms with Gasteiger partial charge in [0.05, 0.1) is 9.35 Å². The maximum absolute atomic E-state index is 11.8. The standard InChI is InChI=1S/C10H8BrN3O2S2/c1-5(14-16)7-4-18-10(12-7)13-9(15)6-2-8(11)17-3-6/h2-4,16H,1H3,(H,12,13,15). The second-order valence-electron chi connectivity index (χ2n) is 3.32. The van der Waals surface area contributed by atoms with Crippen LogP contribution in [0.4, 0.5) is 5.13 Å². The van der Waals surface area contributed by atoms with Gasteiger partial charge in [0.15, 0.2) is 5.13 Å². The van der Waals surface area contributed by atoms with E-state index in [1.807, 2.05) is 0 Å². The minimum absolute atomic E-state index is 0.212. The number of amides is 1. The second kappa shape index (κ2) is 5.59. The van der Waals surface area contributed by atoms with Crippen LogP contribution in [-0.4, -0.2) is 21.8 Å². The number of anilines is 1. The van der Waals surface area contributed by atoms with Crippen LogP contribution in [0.5, 0.6) is 0 Å². The van der Waals surface area contributed by atoms with E-state index in [4.69, 9.17) is 5.21 Å². The van der Waals surface area contributed by atoms with E-state index in [1.54, 1.807) is 23.8 Å². The van der Waals surface area contributed by atoms with Crippen molar-refractivity contribution in [3.05, 3.63) is 31.9 Å². The van der Waals surface area contributed by atoms with Gasteiger partial charge in [-0.25, -0.2) is 4.98 Å². The molecule has 0 saturated carbocycles. The van der Waals surface area contributed by atoms with Crippen molar-refractivity contribution in [2.75, 3.05) is 5.32 Å². The fourth-order valence-electron chi connectivity index (χ4n) is 1.15. The van der Waals surface area contributed by atoms with Crippen molar-refractivity contribution in [2.24, 2.45) is 5.16 Å². The molecule has 0 bridgehead atoms. The summed E-state index contributed by atoms with van der Waals surface area (Å²) in [6.07, 6.45) is 0. The molecule has 0 radical (unpaired) electrons. The molecule has 2 aromatic heterocycles. The van der Waals surface area contributed by atoms with Gasteiger partial charge < -0.3 is 5.21 Å². The van der Waals surface area contributed by atoms with E-state index < -0.39 is 0 Å². The highest BCUT2D eigenvalue weighted by Gasteiger charge is 2.11. The fraction of sp³-hybridized carbons (Fsp3) is 0.100. The molecule has 94 valence electrons.